The average molecular weight is 350 g/mol. The summed E-state index contributed by atoms with van der Waals surface area (Å²) in [4.78, 5) is 28.7. The molecule has 2 aliphatic rings. The first-order valence-corrected chi connectivity index (χ1v) is 9.89. The number of piperidine rings is 1. The molecule has 2 saturated heterocycles. The van der Waals surface area contributed by atoms with Gasteiger partial charge in [0, 0.05) is 38.0 Å². The lowest BCUT2D eigenvalue weighted by Gasteiger charge is -2.36. The monoisotopic (exact) mass is 349 g/mol. The highest BCUT2D eigenvalue weighted by Gasteiger charge is 2.28. The van der Waals surface area contributed by atoms with E-state index < -0.39 is 0 Å². The molecule has 132 valence electrons. The number of nitrogens with zero attached hydrogens (tertiary/aromatic N) is 2. The van der Waals surface area contributed by atoms with Crippen LogP contribution in [0.5, 0.6) is 0 Å². The lowest BCUT2D eigenvalue weighted by atomic mass is 9.85. The summed E-state index contributed by atoms with van der Waals surface area (Å²) in [5, 5.41) is 7.25. The van der Waals surface area contributed by atoms with Crippen molar-refractivity contribution in [3.05, 3.63) is 22.4 Å². The van der Waals surface area contributed by atoms with E-state index >= 15 is 0 Å². The Morgan fingerprint density at radius 3 is 2.67 bits per heavy atom. The normalized spacial score (nSPS) is 23.1. The lowest BCUT2D eigenvalue weighted by Crippen LogP contribution is -2.51. The highest BCUT2D eigenvalue weighted by molar-refractivity contribution is 7.08. The third-order valence-electron chi connectivity index (χ3n) is 5.32. The van der Waals surface area contributed by atoms with Crippen LogP contribution in [0.4, 0.5) is 0 Å². The molecule has 0 bridgehead atoms. The van der Waals surface area contributed by atoms with Crippen molar-refractivity contribution < 1.29 is 9.59 Å². The quantitative estimate of drug-likeness (QED) is 0.905. The van der Waals surface area contributed by atoms with E-state index in [2.05, 4.69) is 12.2 Å². The molecule has 6 heteroatoms. The van der Waals surface area contributed by atoms with Gasteiger partial charge < -0.3 is 15.1 Å². The molecule has 0 radical (unpaired) electrons. The summed E-state index contributed by atoms with van der Waals surface area (Å²) in [6.45, 7) is 6.94. The Labute approximate surface area is 148 Å². The number of piperazine rings is 1. The van der Waals surface area contributed by atoms with Crippen LogP contribution in [0.1, 0.15) is 36.5 Å². The molecule has 3 rings (SSSR count). The Morgan fingerprint density at radius 2 is 2.04 bits per heavy atom. The summed E-state index contributed by atoms with van der Waals surface area (Å²) in [6, 6.07) is 1.87. The summed E-state index contributed by atoms with van der Waals surface area (Å²) in [6.07, 6.45) is 3.07. The van der Waals surface area contributed by atoms with Crippen molar-refractivity contribution in [3.8, 4) is 0 Å². The molecule has 2 atom stereocenters. The van der Waals surface area contributed by atoms with Gasteiger partial charge in [0.1, 0.15) is 0 Å². The number of nitrogens with one attached hydrogen (secondary N) is 1. The molecular formula is C18H27N3O2S. The Hall–Kier alpha value is -1.40. The third kappa shape index (κ3) is 4.16. The van der Waals surface area contributed by atoms with Gasteiger partial charge in [0.15, 0.2) is 0 Å². The number of rotatable bonds is 4. The van der Waals surface area contributed by atoms with E-state index in [-0.39, 0.29) is 11.8 Å². The fourth-order valence-corrected chi connectivity index (χ4v) is 4.29. The molecule has 1 aromatic heterocycles. The summed E-state index contributed by atoms with van der Waals surface area (Å²) in [5.41, 5.74) is 0.762. The van der Waals surface area contributed by atoms with E-state index in [1.54, 1.807) is 11.3 Å². The van der Waals surface area contributed by atoms with E-state index in [4.69, 9.17) is 0 Å². The van der Waals surface area contributed by atoms with Gasteiger partial charge >= 0.3 is 0 Å². The van der Waals surface area contributed by atoms with Crippen LogP contribution in [0, 0.1) is 11.8 Å². The second-order valence-electron chi connectivity index (χ2n) is 6.97. The SMILES string of the molecule is CC(CC(=O)N1CCN(C(=O)c2ccsc2)CC1)C1CCCNC1. The predicted molar refractivity (Wildman–Crippen MR) is 96.2 cm³/mol. The highest BCUT2D eigenvalue weighted by atomic mass is 32.1. The van der Waals surface area contributed by atoms with Gasteiger partial charge in [-0.1, -0.05) is 6.92 Å². The zero-order valence-corrected chi connectivity index (χ0v) is 15.2. The summed E-state index contributed by atoms with van der Waals surface area (Å²) in [5.74, 6) is 1.38. The first kappa shape index (κ1) is 17.4. The van der Waals surface area contributed by atoms with Gasteiger partial charge in [-0.2, -0.15) is 11.3 Å². The van der Waals surface area contributed by atoms with Gasteiger partial charge in [-0.05, 0) is 49.2 Å². The molecule has 0 aromatic carbocycles. The van der Waals surface area contributed by atoms with Crippen LogP contribution >= 0.6 is 11.3 Å². The second-order valence-corrected chi connectivity index (χ2v) is 7.75. The molecular weight excluding hydrogens is 322 g/mol. The minimum Gasteiger partial charge on any atom is -0.339 e. The van der Waals surface area contributed by atoms with Crippen LogP contribution in [0.2, 0.25) is 0 Å². The lowest BCUT2D eigenvalue weighted by molar-refractivity contribution is -0.134. The van der Waals surface area contributed by atoms with Crippen LogP contribution < -0.4 is 5.32 Å². The standard InChI is InChI=1S/C18H27N3O2S/c1-14(15-3-2-5-19-12-15)11-17(22)20-6-8-21(9-7-20)18(23)16-4-10-24-13-16/h4,10,13-15,19H,2-3,5-9,11-12H2,1H3. The molecule has 0 spiro atoms. The molecule has 2 aliphatic heterocycles. The zero-order chi connectivity index (χ0) is 16.9. The minimum atomic E-state index is 0.0880. The van der Waals surface area contributed by atoms with E-state index in [0.29, 0.717) is 44.4 Å². The Bertz CT molecular complexity index is 547. The zero-order valence-electron chi connectivity index (χ0n) is 14.4. The summed E-state index contributed by atoms with van der Waals surface area (Å²) >= 11 is 1.54. The highest BCUT2D eigenvalue weighted by Crippen LogP contribution is 2.23. The van der Waals surface area contributed by atoms with E-state index in [9.17, 15) is 9.59 Å². The number of amides is 2. The molecule has 2 amide bonds. The number of hydrogen-bond acceptors (Lipinski definition) is 4. The van der Waals surface area contributed by atoms with E-state index in [1.807, 2.05) is 26.6 Å². The Morgan fingerprint density at radius 1 is 1.29 bits per heavy atom. The van der Waals surface area contributed by atoms with Crippen molar-refractivity contribution in [2.45, 2.75) is 26.2 Å². The second kappa shape index (κ2) is 8.12. The van der Waals surface area contributed by atoms with Gasteiger partial charge in [0.05, 0.1) is 5.56 Å². The van der Waals surface area contributed by atoms with Crippen molar-refractivity contribution in [2.24, 2.45) is 11.8 Å². The van der Waals surface area contributed by atoms with Gasteiger partial charge in [-0.3, -0.25) is 9.59 Å². The molecule has 1 aromatic rings. The number of carbonyl (C=O) groups excluding carboxylic acids is 2. The molecule has 3 heterocycles. The fraction of sp³-hybridized carbons (Fsp3) is 0.667. The molecule has 0 aliphatic carbocycles. The average Bonchev–Trinajstić information content (AvgIpc) is 3.16. The maximum atomic E-state index is 12.6. The minimum absolute atomic E-state index is 0.0880. The molecule has 2 fully saturated rings. The van der Waals surface area contributed by atoms with E-state index in [1.165, 1.54) is 12.8 Å². The first-order chi connectivity index (χ1) is 11.6. The number of carbonyl (C=O) groups is 2. The topological polar surface area (TPSA) is 52.7 Å². The van der Waals surface area contributed by atoms with Crippen molar-refractivity contribution in [1.82, 2.24) is 15.1 Å². The van der Waals surface area contributed by atoms with Crippen LogP contribution in [0.15, 0.2) is 16.8 Å². The van der Waals surface area contributed by atoms with Crippen molar-refractivity contribution in [1.29, 1.82) is 0 Å². The summed E-state index contributed by atoms with van der Waals surface area (Å²) in [7, 11) is 0. The largest absolute Gasteiger partial charge is 0.339 e. The fourth-order valence-electron chi connectivity index (χ4n) is 3.66. The first-order valence-electron chi connectivity index (χ1n) is 8.95. The molecule has 1 N–H and O–H groups in total. The van der Waals surface area contributed by atoms with Gasteiger partial charge in [0.2, 0.25) is 5.91 Å². The van der Waals surface area contributed by atoms with Crippen LogP contribution in [0.25, 0.3) is 0 Å². The van der Waals surface area contributed by atoms with Crippen molar-refractivity contribution in [2.75, 3.05) is 39.3 Å². The van der Waals surface area contributed by atoms with Crippen LogP contribution in [-0.2, 0) is 4.79 Å². The smallest absolute Gasteiger partial charge is 0.254 e. The van der Waals surface area contributed by atoms with Gasteiger partial charge in [-0.15, -0.1) is 0 Å². The van der Waals surface area contributed by atoms with Gasteiger partial charge in [0.25, 0.3) is 5.91 Å². The molecule has 24 heavy (non-hydrogen) atoms. The predicted octanol–water partition coefficient (Wildman–Crippen LogP) is 2.06. The number of hydrogen-bond donors (Lipinski definition) is 1. The number of thiophene rings is 1. The summed E-state index contributed by atoms with van der Waals surface area (Å²) < 4.78 is 0. The maximum Gasteiger partial charge on any atom is 0.254 e. The van der Waals surface area contributed by atoms with Crippen molar-refractivity contribution in [3.63, 3.8) is 0 Å². The van der Waals surface area contributed by atoms with Gasteiger partial charge in [-0.25, -0.2) is 0 Å². The van der Waals surface area contributed by atoms with Crippen molar-refractivity contribution >= 4 is 23.2 Å². The third-order valence-corrected chi connectivity index (χ3v) is 6.01. The molecule has 5 nitrogen and oxygen atoms in total. The van der Waals surface area contributed by atoms with Crippen LogP contribution in [-0.4, -0.2) is 60.9 Å². The van der Waals surface area contributed by atoms with E-state index in [0.717, 1.165) is 18.7 Å². The molecule has 2 unspecified atom stereocenters. The molecule has 0 saturated carbocycles. The van der Waals surface area contributed by atoms with Crippen LogP contribution in [0.3, 0.4) is 0 Å². The Balaban J connectivity index is 1.45. The maximum absolute atomic E-state index is 12.6. The Kier molecular flexibility index (Phi) is 5.89.